The summed E-state index contributed by atoms with van der Waals surface area (Å²) >= 11 is 0. The van der Waals surface area contributed by atoms with Gasteiger partial charge < -0.3 is 10.4 Å². The first kappa shape index (κ1) is 15.4. The summed E-state index contributed by atoms with van der Waals surface area (Å²) < 4.78 is 12.8. The molecule has 114 valence electrons. The third-order valence-corrected chi connectivity index (χ3v) is 4.03. The van der Waals surface area contributed by atoms with E-state index in [-0.39, 0.29) is 11.6 Å². The molecule has 0 aromatic carbocycles. The number of fused-ring (bicyclic) bond motifs is 1. The van der Waals surface area contributed by atoms with Gasteiger partial charge in [0.25, 0.3) is 0 Å². The fourth-order valence-corrected chi connectivity index (χ4v) is 2.76. The fraction of sp³-hybridized carbons (Fsp3) is 0.462. The molecule has 2 heterocycles. The Labute approximate surface area is 124 Å². The topological polar surface area (TPSA) is 97.1 Å². The minimum Gasteiger partial charge on any atom is -0.478 e. The van der Waals surface area contributed by atoms with Gasteiger partial charge in [-0.15, -0.1) is 0 Å². The van der Waals surface area contributed by atoms with Gasteiger partial charge in [-0.2, -0.15) is 5.10 Å². The van der Waals surface area contributed by atoms with Crippen LogP contribution in [0.15, 0.2) is 12.4 Å². The molecule has 0 aliphatic carbocycles. The zero-order valence-electron chi connectivity index (χ0n) is 12.2. The molecule has 0 aliphatic heterocycles. The van der Waals surface area contributed by atoms with E-state index in [0.29, 0.717) is 28.9 Å². The second-order valence-electron chi connectivity index (χ2n) is 4.97. The summed E-state index contributed by atoms with van der Waals surface area (Å²) in [6.07, 6.45) is 5.27. The van der Waals surface area contributed by atoms with Crippen LogP contribution in [-0.4, -0.2) is 48.1 Å². The zero-order chi connectivity index (χ0) is 15.6. The lowest BCUT2D eigenvalue weighted by molar-refractivity contribution is 0.0697. The van der Waals surface area contributed by atoms with Crippen LogP contribution in [0, 0.1) is 0 Å². The number of nitrogens with zero attached hydrogens (tertiary/aromatic N) is 3. The first-order chi connectivity index (χ1) is 9.90. The van der Waals surface area contributed by atoms with E-state index in [1.807, 2.05) is 6.92 Å². The van der Waals surface area contributed by atoms with E-state index >= 15 is 0 Å². The number of aryl methyl sites for hydroxylation is 1. The van der Waals surface area contributed by atoms with Gasteiger partial charge in [0.1, 0.15) is 5.56 Å². The van der Waals surface area contributed by atoms with Crippen LogP contribution in [0.3, 0.4) is 0 Å². The van der Waals surface area contributed by atoms with Gasteiger partial charge in [-0.25, -0.2) is 9.78 Å². The molecule has 2 rings (SSSR count). The first-order valence-electron chi connectivity index (χ1n) is 6.50. The summed E-state index contributed by atoms with van der Waals surface area (Å²) in [5.41, 5.74) is 1.24. The van der Waals surface area contributed by atoms with Crippen LogP contribution in [0.4, 0.5) is 5.69 Å². The van der Waals surface area contributed by atoms with E-state index in [2.05, 4.69) is 15.4 Å². The number of aromatic carboxylic acids is 1. The third-order valence-electron chi connectivity index (χ3n) is 3.22. The Balaban J connectivity index is 2.37. The molecule has 2 N–H and O–H groups in total. The van der Waals surface area contributed by atoms with E-state index in [0.717, 1.165) is 0 Å². The van der Waals surface area contributed by atoms with Gasteiger partial charge in [-0.3, -0.25) is 8.89 Å². The highest BCUT2D eigenvalue weighted by molar-refractivity contribution is 7.84. The molecule has 21 heavy (non-hydrogen) atoms. The molecule has 8 heteroatoms. The number of hydrogen-bond acceptors (Lipinski definition) is 5. The normalized spacial score (nSPS) is 14.0. The average molecular weight is 310 g/mol. The molecule has 2 atom stereocenters. The van der Waals surface area contributed by atoms with Crippen LogP contribution in [-0.2, 0) is 17.8 Å². The lowest BCUT2D eigenvalue weighted by Crippen LogP contribution is -2.20. The Hall–Kier alpha value is -1.96. The summed E-state index contributed by atoms with van der Waals surface area (Å²) in [5, 5.41) is 17.3. The number of nitrogens with one attached hydrogen (secondary N) is 1. The maximum atomic E-state index is 11.4. The molecule has 7 nitrogen and oxygen atoms in total. The number of carboxylic acid groups (broad SMARTS) is 1. The smallest absolute Gasteiger partial charge is 0.339 e. The summed E-state index contributed by atoms with van der Waals surface area (Å²) in [4.78, 5) is 15.5. The van der Waals surface area contributed by atoms with Gasteiger partial charge >= 0.3 is 5.97 Å². The molecule has 0 saturated carbocycles. The van der Waals surface area contributed by atoms with Crippen molar-refractivity contribution in [1.82, 2.24) is 14.8 Å². The van der Waals surface area contributed by atoms with Crippen LogP contribution >= 0.6 is 0 Å². The van der Waals surface area contributed by atoms with E-state index in [9.17, 15) is 14.1 Å². The summed E-state index contributed by atoms with van der Waals surface area (Å²) in [6.45, 7) is 1.93. The Morgan fingerprint density at radius 1 is 1.52 bits per heavy atom. The van der Waals surface area contributed by atoms with Crippen LogP contribution in [0.1, 0.15) is 23.7 Å². The van der Waals surface area contributed by atoms with E-state index < -0.39 is 16.8 Å². The lowest BCUT2D eigenvalue weighted by atomic mass is 10.1. The van der Waals surface area contributed by atoms with Crippen molar-refractivity contribution in [2.45, 2.75) is 19.4 Å². The van der Waals surface area contributed by atoms with Gasteiger partial charge in [0.2, 0.25) is 0 Å². The molecule has 2 aromatic rings. The quantitative estimate of drug-likeness (QED) is 0.833. The van der Waals surface area contributed by atoms with Gasteiger partial charge in [-0.1, -0.05) is 0 Å². The standard InChI is InChI=1S/C13H18N4O3S/c1-8(4-5-21(3)20)16-11-9-7-15-17(2)12(9)14-6-10(11)13(18)19/h6-8H,4-5H2,1-3H3,(H,14,16)(H,18,19). The highest BCUT2D eigenvalue weighted by Gasteiger charge is 2.18. The average Bonchev–Trinajstić information content (AvgIpc) is 2.79. The van der Waals surface area contributed by atoms with Crippen molar-refractivity contribution in [3.8, 4) is 0 Å². The number of rotatable bonds is 6. The molecule has 0 spiro atoms. The highest BCUT2D eigenvalue weighted by Crippen LogP contribution is 2.26. The first-order valence-corrected chi connectivity index (χ1v) is 8.23. The highest BCUT2D eigenvalue weighted by atomic mass is 32.2. The monoisotopic (exact) mass is 310 g/mol. The number of pyridine rings is 1. The summed E-state index contributed by atoms with van der Waals surface area (Å²) in [7, 11) is 0.887. The van der Waals surface area contributed by atoms with Crippen molar-refractivity contribution < 1.29 is 14.1 Å². The fourth-order valence-electron chi connectivity index (χ4n) is 2.07. The maximum absolute atomic E-state index is 11.4. The predicted octanol–water partition coefficient (Wildman–Crippen LogP) is 1.24. The largest absolute Gasteiger partial charge is 0.478 e. The Bertz CT molecular complexity index is 698. The number of anilines is 1. The van der Waals surface area contributed by atoms with Crippen molar-refractivity contribution in [3.63, 3.8) is 0 Å². The molecule has 0 aliphatic rings. The minimum absolute atomic E-state index is 0.00203. The second-order valence-corrected chi connectivity index (χ2v) is 6.52. The molecule has 0 amide bonds. The van der Waals surface area contributed by atoms with Gasteiger partial charge in [0, 0.05) is 42.1 Å². The number of carbonyl (C=O) groups is 1. The van der Waals surface area contributed by atoms with Crippen LogP contribution in [0.5, 0.6) is 0 Å². The van der Waals surface area contributed by atoms with Gasteiger partial charge in [0.05, 0.1) is 17.3 Å². The molecular formula is C13H18N4O3S. The van der Waals surface area contributed by atoms with Crippen molar-refractivity contribution in [2.75, 3.05) is 17.3 Å². The molecule has 0 fully saturated rings. The molecule has 2 aromatic heterocycles. The summed E-state index contributed by atoms with van der Waals surface area (Å²) in [5.74, 6) is -0.472. The van der Waals surface area contributed by atoms with Crippen molar-refractivity contribution in [1.29, 1.82) is 0 Å². The van der Waals surface area contributed by atoms with Crippen molar-refractivity contribution in [2.24, 2.45) is 7.05 Å². The molecule has 0 radical (unpaired) electrons. The third kappa shape index (κ3) is 3.38. The molecule has 0 saturated heterocycles. The Morgan fingerprint density at radius 2 is 2.24 bits per heavy atom. The van der Waals surface area contributed by atoms with E-state index in [1.165, 1.54) is 6.20 Å². The van der Waals surface area contributed by atoms with E-state index in [1.54, 1.807) is 24.2 Å². The van der Waals surface area contributed by atoms with Crippen molar-refractivity contribution in [3.05, 3.63) is 18.0 Å². The second kappa shape index (κ2) is 6.21. The Morgan fingerprint density at radius 3 is 2.86 bits per heavy atom. The molecular weight excluding hydrogens is 292 g/mol. The number of aromatic nitrogens is 3. The number of carboxylic acids is 1. The van der Waals surface area contributed by atoms with Gasteiger partial charge in [-0.05, 0) is 13.3 Å². The van der Waals surface area contributed by atoms with Crippen LogP contribution < -0.4 is 5.32 Å². The lowest BCUT2D eigenvalue weighted by Gasteiger charge is -2.17. The minimum atomic E-state index is -1.04. The zero-order valence-corrected chi connectivity index (χ0v) is 13.0. The molecule has 0 bridgehead atoms. The predicted molar refractivity (Wildman–Crippen MR) is 82.1 cm³/mol. The number of hydrogen-bond donors (Lipinski definition) is 2. The van der Waals surface area contributed by atoms with E-state index in [4.69, 9.17) is 0 Å². The van der Waals surface area contributed by atoms with Crippen molar-refractivity contribution >= 4 is 33.5 Å². The summed E-state index contributed by atoms with van der Waals surface area (Å²) in [6, 6.07) is -0.00203. The SMILES string of the molecule is CC(CCS(C)=O)Nc1c(C(=O)O)cnc2c1cnn2C. The Kier molecular flexibility index (Phi) is 4.56. The van der Waals surface area contributed by atoms with Crippen LogP contribution in [0.2, 0.25) is 0 Å². The molecule has 2 unspecified atom stereocenters. The maximum Gasteiger partial charge on any atom is 0.339 e. The van der Waals surface area contributed by atoms with Crippen LogP contribution in [0.25, 0.3) is 11.0 Å². The van der Waals surface area contributed by atoms with Gasteiger partial charge in [0.15, 0.2) is 5.65 Å².